The number of methoxy groups -OCH3 is 1. The second-order valence-electron chi connectivity index (χ2n) is 4.97. The molecule has 0 fully saturated rings. The second-order valence-corrected chi connectivity index (χ2v) is 4.97. The van der Waals surface area contributed by atoms with E-state index >= 15 is 0 Å². The second kappa shape index (κ2) is 7.20. The molecule has 1 N–H and O–H groups in total. The average molecular weight is 354 g/mol. The molecule has 25 heavy (non-hydrogen) atoms. The highest BCUT2D eigenvalue weighted by molar-refractivity contribution is 6.01. The number of nitrogens with zero attached hydrogens (tertiary/aromatic N) is 1. The third-order valence-electron chi connectivity index (χ3n) is 3.23. The average Bonchev–Trinajstić information content (AvgIpc) is 2.55. The Morgan fingerprint density at radius 1 is 1.16 bits per heavy atom. The molecule has 0 spiro atoms. The summed E-state index contributed by atoms with van der Waals surface area (Å²) in [7, 11) is 1.17. The molecular weight excluding hydrogens is 341 g/mol. The summed E-state index contributed by atoms with van der Waals surface area (Å²) in [6.07, 6.45) is -4.07. The van der Waals surface area contributed by atoms with E-state index in [0.717, 1.165) is 6.07 Å². The van der Waals surface area contributed by atoms with Crippen LogP contribution < -0.4 is 10.9 Å². The van der Waals surface area contributed by atoms with E-state index in [1.54, 1.807) is 12.1 Å². The number of carbonyl (C=O) groups excluding carboxylic acids is 2. The van der Waals surface area contributed by atoms with Crippen molar-refractivity contribution in [3.63, 3.8) is 0 Å². The van der Waals surface area contributed by atoms with Crippen molar-refractivity contribution in [2.24, 2.45) is 0 Å². The lowest BCUT2D eigenvalue weighted by Gasteiger charge is -2.12. The highest BCUT2D eigenvalue weighted by Crippen LogP contribution is 2.28. The van der Waals surface area contributed by atoms with Crippen LogP contribution in [0, 0.1) is 0 Å². The SMILES string of the molecule is COC(=O)c1ccccc1NC(=O)Cn1cc(C(F)(F)F)ccc1=O. The molecule has 9 heteroatoms. The van der Waals surface area contributed by atoms with E-state index in [4.69, 9.17) is 0 Å². The topological polar surface area (TPSA) is 77.4 Å². The van der Waals surface area contributed by atoms with Crippen LogP contribution in [0.3, 0.4) is 0 Å². The fourth-order valence-corrected chi connectivity index (χ4v) is 2.05. The Labute approximate surface area is 139 Å². The number of hydrogen-bond acceptors (Lipinski definition) is 4. The Bertz CT molecular complexity index is 859. The van der Waals surface area contributed by atoms with Gasteiger partial charge in [0.2, 0.25) is 5.91 Å². The largest absolute Gasteiger partial charge is 0.465 e. The number of nitrogens with one attached hydrogen (secondary N) is 1. The molecule has 0 atom stereocenters. The highest BCUT2D eigenvalue weighted by Gasteiger charge is 2.31. The van der Waals surface area contributed by atoms with Gasteiger partial charge >= 0.3 is 12.1 Å². The van der Waals surface area contributed by atoms with Crippen molar-refractivity contribution in [1.82, 2.24) is 4.57 Å². The van der Waals surface area contributed by atoms with Crippen LogP contribution in [0.15, 0.2) is 47.4 Å². The Hall–Kier alpha value is -3.10. The van der Waals surface area contributed by atoms with Crippen molar-refractivity contribution in [2.75, 3.05) is 12.4 Å². The van der Waals surface area contributed by atoms with Crippen LogP contribution in [0.25, 0.3) is 0 Å². The molecule has 2 aromatic rings. The van der Waals surface area contributed by atoms with Crippen molar-refractivity contribution in [3.8, 4) is 0 Å². The monoisotopic (exact) mass is 354 g/mol. The quantitative estimate of drug-likeness (QED) is 0.855. The molecule has 0 aliphatic heterocycles. The van der Waals surface area contributed by atoms with Gasteiger partial charge in [0.25, 0.3) is 5.56 Å². The lowest BCUT2D eigenvalue weighted by molar-refractivity contribution is -0.138. The number of benzene rings is 1. The first kappa shape index (κ1) is 18.2. The number of amides is 1. The van der Waals surface area contributed by atoms with Gasteiger partial charge in [-0.1, -0.05) is 12.1 Å². The minimum atomic E-state index is -4.64. The molecule has 132 valence electrons. The van der Waals surface area contributed by atoms with E-state index in [2.05, 4.69) is 10.1 Å². The zero-order chi connectivity index (χ0) is 18.6. The van der Waals surface area contributed by atoms with Gasteiger partial charge in [-0.25, -0.2) is 4.79 Å². The number of alkyl halides is 3. The Morgan fingerprint density at radius 2 is 1.84 bits per heavy atom. The molecule has 1 heterocycles. The first-order valence-electron chi connectivity index (χ1n) is 6.97. The number of rotatable bonds is 4. The van der Waals surface area contributed by atoms with Gasteiger partial charge in [0.15, 0.2) is 0 Å². The molecule has 6 nitrogen and oxygen atoms in total. The predicted octanol–water partition coefficient (Wildman–Crippen LogP) is 2.29. The van der Waals surface area contributed by atoms with Gasteiger partial charge in [0, 0.05) is 12.3 Å². The standard InChI is InChI=1S/C16H13F3N2O4/c1-25-15(24)11-4-2-3-5-12(11)20-13(22)9-21-8-10(16(17,18)19)6-7-14(21)23/h2-8H,9H2,1H3,(H,20,22). The van der Waals surface area contributed by atoms with Crippen LogP contribution in [-0.2, 0) is 22.3 Å². The molecule has 1 amide bonds. The number of esters is 1. The van der Waals surface area contributed by atoms with E-state index in [0.29, 0.717) is 16.8 Å². The van der Waals surface area contributed by atoms with E-state index < -0.39 is 35.7 Å². The summed E-state index contributed by atoms with van der Waals surface area (Å²) in [5.41, 5.74) is -1.60. The minimum absolute atomic E-state index is 0.0785. The first-order chi connectivity index (χ1) is 11.7. The van der Waals surface area contributed by atoms with E-state index in [1.807, 2.05) is 0 Å². The third-order valence-corrected chi connectivity index (χ3v) is 3.23. The summed E-state index contributed by atoms with van der Waals surface area (Å²) < 4.78 is 43.3. The Morgan fingerprint density at radius 3 is 2.48 bits per heavy atom. The van der Waals surface area contributed by atoms with E-state index in [1.165, 1.54) is 19.2 Å². The summed E-state index contributed by atoms with van der Waals surface area (Å²) >= 11 is 0. The zero-order valence-corrected chi connectivity index (χ0v) is 13.0. The number of ether oxygens (including phenoxy) is 1. The fourth-order valence-electron chi connectivity index (χ4n) is 2.05. The summed E-state index contributed by atoms with van der Waals surface area (Å²) in [4.78, 5) is 35.3. The molecule has 2 rings (SSSR count). The number of carbonyl (C=O) groups is 2. The third kappa shape index (κ3) is 4.46. The first-order valence-corrected chi connectivity index (χ1v) is 6.97. The van der Waals surface area contributed by atoms with Gasteiger partial charge < -0.3 is 14.6 Å². The summed E-state index contributed by atoms with van der Waals surface area (Å²) in [6.45, 7) is -0.641. The van der Waals surface area contributed by atoms with Gasteiger partial charge in [-0.2, -0.15) is 13.2 Å². The summed E-state index contributed by atoms with van der Waals surface area (Å²) in [6, 6.07) is 7.33. The van der Waals surface area contributed by atoms with E-state index in [9.17, 15) is 27.6 Å². The molecule has 0 aliphatic rings. The zero-order valence-electron chi connectivity index (χ0n) is 13.0. The van der Waals surface area contributed by atoms with Gasteiger partial charge in [-0.15, -0.1) is 0 Å². The Kier molecular flexibility index (Phi) is 5.26. The summed E-state index contributed by atoms with van der Waals surface area (Å²) in [5.74, 6) is -1.45. The maximum absolute atomic E-state index is 12.7. The maximum Gasteiger partial charge on any atom is 0.417 e. The van der Waals surface area contributed by atoms with Crippen molar-refractivity contribution in [2.45, 2.75) is 12.7 Å². The molecule has 1 aromatic carbocycles. The number of anilines is 1. The molecule has 0 saturated heterocycles. The van der Waals surface area contributed by atoms with Crippen LogP contribution in [0.4, 0.5) is 18.9 Å². The van der Waals surface area contributed by atoms with Crippen LogP contribution in [0.1, 0.15) is 15.9 Å². The number of halogens is 3. The minimum Gasteiger partial charge on any atom is -0.465 e. The normalized spacial score (nSPS) is 11.0. The highest BCUT2D eigenvalue weighted by atomic mass is 19.4. The number of aromatic nitrogens is 1. The molecule has 0 unspecified atom stereocenters. The number of hydrogen-bond donors (Lipinski definition) is 1. The lowest BCUT2D eigenvalue weighted by atomic mass is 10.2. The maximum atomic E-state index is 12.7. The fraction of sp³-hybridized carbons (Fsp3) is 0.188. The van der Waals surface area contributed by atoms with Crippen LogP contribution in [0.2, 0.25) is 0 Å². The van der Waals surface area contributed by atoms with Gasteiger partial charge in [-0.3, -0.25) is 9.59 Å². The lowest BCUT2D eigenvalue weighted by Crippen LogP contribution is -2.28. The van der Waals surface area contributed by atoms with Gasteiger partial charge in [0.1, 0.15) is 6.54 Å². The molecule has 0 saturated carbocycles. The van der Waals surface area contributed by atoms with Crippen molar-refractivity contribution in [3.05, 3.63) is 64.1 Å². The van der Waals surface area contributed by atoms with Crippen LogP contribution in [-0.4, -0.2) is 23.6 Å². The number of para-hydroxylation sites is 1. The molecule has 0 aliphatic carbocycles. The van der Waals surface area contributed by atoms with Crippen LogP contribution >= 0.6 is 0 Å². The Balaban J connectivity index is 2.22. The number of pyridine rings is 1. The molecule has 0 radical (unpaired) electrons. The van der Waals surface area contributed by atoms with Crippen molar-refractivity contribution in [1.29, 1.82) is 0 Å². The molecule has 0 bridgehead atoms. The molecular formula is C16H13F3N2O4. The van der Waals surface area contributed by atoms with Crippen LogP contribution in [0.5, 0.6) is 0 Å². The van der Waals surface area contributed by atoms with Crippen molar-refractivity contribution < 1.29 is 27.5 Å². The summed E-state index contributed by atoms with van der Waals surface area (Å²) in [5, 5.41) is 2.38. The van der Waals surface area contributed by atoms with Gasteiger partial charge in [-0.05, 0) is 18.2 Å². The predicted molar refractivity (Wildman–Crippen MR) is 82.1 cm³/mol. The van der Waals surface area contributed by atoms with Crippen molar-refractivity contribution >= 4 is 17.6 Å². The smallest absolute Gasteiger partial charge is 0.417 e. The van der Waals surface area contributed by atoms with E-state index in [-0.39, 0.29) is 11.3 Å². The van der Waals surface area contributed by atoms with Gasteiger partial charge in [0.05, 0.1) is 23.9 Å². The molecule has 1 aromatic heterocycles.